The first-order chi connectivity index (χ1) is 12.4. The smallest absolute Gasteiger partial charge is 0.277 e. The first-order valence-corrected chi connectivity index (χ1v) is 8.67. The van der Waals surface area contributed by atoms with E-state index in [0.717, 1.165) is 21.2 Å². The molecule has 2 aromatic carbocycles. The van der Waals surface area contributed by atoms with Crippen LogP contribution in [0.3, 0.4) is 0 Å². The van der Waals surface area contributed by atoms with Crippen molar-refractivity contribution in [2.75, 3.05) is 20.8 Å². The van der Waals surface area contributed by atoms with Gasteiger partial charge in [-0.2, -0.15) is 5.10 Å². The number of halogens is 1. The fourth-order valence-electron chi connectivity index (χ4n) is 2.33. The molecule has 0 heterocycles. The number of nitrogens with one attached hydrogen (secondary N) is 1. The molecule has 0 unspecified atom stereocenters. The van der Waals surface area contributed by atoms with E-state index in [4.69, 9.17) is 14.2 Å². The Morgan fingerprint density at radius 2 is 1.92 bits per heavy atom. The van der Waals surface area contributed by atoms with E-state index in [1.54, 1.807) is 20.3 Å². The molecule has 1 amide bonds. The lowest BCUT2D eigenvalue weighted by molar-refractivity contribution is -0.123. The van der Waals surface area contributed by atoms with Gasteiger partial charge < -0.3 is 14.2 Å². The lowest BCUT2D eigenvalue weighted by Crippen LogP contribution is -2.24. The molecular formula is C19H21BrN2O4. The summed E-state index contributed by atoms with van der Waals surface area (Å²) < 4.78 is 16.8. The molecule has 0 atom stereocenters. The molecule has 0 aliphatic heterocycles. The normalized spacial score (nSPS) is 10.7. The second-order valence-corrected chi connectivity index (χ2v) is 6.44. The number of aryl methyl sites for hydroxylation is 2. The molecule has 7 heteroatoms. The van der Waals surface area contributed by atoms with Crippen LogP contribution < -0.4 is 19.6 Å². The summed E-state index contributed by atoms with van der Waals surface area (Å²) in [5.74, 6) is 1.49. The van der Waals surface area contributed by atoms with E-state index >= 15 is 0 Å². The number of rotatable bonds is 7. The van der Waals surface area contributed by atoms with Crippen molar-refractivity contribution in [3.8, 4) is 17.2 Å². The molecule has 0 aliphatic rings. The number of nitrogens with zero attached hydrogens (tertiary/aromatic N) is 1. The van der Waals surface area contributed by atoms with Crippen molar-refractivity contribution in [3.63, 3.8) is 0 Å². The molecule has 0 saturated carbocycles. The van der Waals surface area contributed by atoms with Crippen LogP contribution in [0.1, 0.15) is 16.7 Å². The van der Waals surface area contributed by atoms with Crippen molar-refractivity contribution in [1.29, 1.82) is 0 Å². The van der Waals surface area contributed by atoms with Gasteiger partial charge in [-0.3, -0.25) is 4.79 Å². The van der Waals surface area contributed by atoms with Crippen molar-refractivity contribution >= 4 is 28.1 Å². The maximum Gasteiger partial charge on any atom is 0.277 e. The van der Waals surface area contributed by atoms with Crippen LogP contribution in [-0.2, 0) is 4.79 Å². The summed E-state index contributed by atoms with van der Waals surface area (Å²) in [5.41, 5.74) is 5.30. The Morgan fingerprint density at radius 3 is 2.58 bits per heavy atom. The van der Waals surface area contributed by atoms with Crippen LogP contribution >= 0.6 is 15.9 Å². The molecule has 0 fully saturated rings. The molecule has 6 nitrogen and oxygen atoms in total. The van der Waals surface area contributed by atoms with E-state index < -0.39 is 0 Å². The summed E-state index contributed by atoms with van der Waals surface area (Å²) in [4.78, 5) is 11.9. The molecular weight excluding hydrogens is 400 g/mol. The zero-order valence-electron chi connectivity index (χ0n) is 15.1. The number of benzene rings is 2. The van der Waals surface area contributed by atoms with Crippen molar-refractivity contribution in [3.05, 3.63) is 51.5 Å². The lowest BCUT2D eigenvalue weighted by atomic mass is 10.1. The number of hydrogen-bond donors (Lipinski definition) is 1. The fourth-order valence-corrected chi connectivity index (χ4v) is 2.95. The molecule has 2 rings (SSSR count). The van der Waals surface area contributed by atoms with Crippen LogP contribution in [0.2, 0.25) is 0 Å². The molecule has 0 bridgehead atoms. The van der Waals surface area contributed by atoms with Gasteiger partial charge in [0.15, 0.2) is 18.1 Å². The van der Waals surface area contributed by atoms with Gasteiger partial charge in [-0.25, -0.2) is 5.43 Å². The number of carbonyl (C=O) groups is 1. The number of hydrazone groups is 1. The molecule has 0 spiro atoms. The van der Waals surface area contributed by atoms with E-state index in [1.165, 1.54) is 6.21 Å². The van der Waals surface area contributed by atoms with Gasteiger partial charge in [0.05, 0.1) is 24.9 Å². The summed E-state index contributed by atoms with van der Waals surface area (Å²) in [5, 5.41) is 3.94. The maximum absolute atomic E-state index is 11.9. The van der Waals surface area contributed by atoms with Gasteiger partial charge in [0.25, 0.3) is 5.91 Å². The highest BCUT2D eigenvalue weighted by Crippen LogP contribution is 2.35. The minimum Gasteiger partial charge on any atom is -0.493 e. The average Bonchev–Trinajstić information content (AvgIpc) is 2.60. The largest absolute Gasteiger partial charge is 0.493 e. The molecule has 1 N–H and O–H groups in total. The monoisotopic (exact) mass is 420 g/mol. The fraction of sp³-hybridized carbons (Fsp3) is 0.263. The second-order valence-electron chi connectivity index (χ2n) is 5.59. The zero-order valence-corrected chi connectivity index (χ0v) is 16.7. The van der Waals surface area contributed by atoms with Crippen LogP contribution in [0, 0.1) is 13.8 Å². The first kappa shape index (κ1) is 19.8. The Morgan fingerprint density at radius 1 is 1.15 bits per heavy atom. The van der Waals surface area contributed by atoms with E-state index in [-0.39, 0.29) is 12.5 Å². The van der Waals surface area contributed by atoms with E-state index in [9.17, 15) is 4.79 Å². The third kappa shape index (κ3) is 5.23. The van der Waals surface area contributed by atoms with E-state index in [0.29, 0.717) is 17.2 Å². The van der Waals surface area contributed by atoms with Gasteiger partial charge in [0.2, 0.25) is 0 Å². The third-order valence-corrected chi connectivity index (χ3v) is 4.14. The van der Waals surface area contributed by atoms with Crippen LogP contribution in [0.15, 0.2) is 39.9 Å². The van der Waals surface area contributed by atoms with Crippen LogP contribution in [0.5, 0.6) is 17.2 Å². The number of hydrogen-bond acceptors (Lipinski definition) is 5. The lowest BCUT2D eigenvalue weighted by Gasteiger charge is -2.10. The summed E-state index contributed by atoms with van der Waals surface area (Å²) in [6.45, 7) is 3.83. The van der Waals surface area contributed by atoms with Gasteiger partial charge >= 0.3 is 0 Å². The van der Waals surface area contributed by atoms with E-state index in [2.05, 4.69) is 26.5 Å². The third-order valence-electron chi connectivity index (χ3n) is 3.55. The minimum atomic E-state index is -0.347. The van der Waals surface area contributed by atoms with Gasteiger partial charge in [0, 0.05) is 0 Å². The second kappa shape index (κ2) is 9.24. The van der Waals surface area contributed by atoms with Crippen molar-refractivity contribution in [2.45, 2.75) is 13.8 Å². The topological polar surface area (TPSA) is 69.2 Å². The standard InChI is InChI=1S/C19H21BrN2O4/c1-12-5-6-16(13(2)7-12)26-11-18(23)22-21-10-14-8-15(20)19(25-4)17(9-14)24-3/h5-10H,11H2,1-4H3,(H,22,23)/b21-10+. The summed E-state index contributed by atoms with van der Waals surface area (Å²) >= 11 is 3.41. The first-order valence-electron chi connectivity index (χ1n) is 7.88. The van der Waals surface area contributed by atoms with Crippen LogP contribution in [0.4, 0.5) is 0 Å². The predicted molar refractivity (Wildman–Crippen MR) is 104 cm³/mol. The average molecular weight is 421 g/mol. The number of methoxy groups -OCH3 is 2. The number of carbonyl (C=O) groups excluding carboxylic acids is 1. The summed E-state index contributed by atoms with van der Waals surface area (Å²) in [6, 6.07) is 9.35. The van der Waals surface area contributed by atoms with Gasteiger partial charge in [-0.1, -0.05) is 17.7 Å². The Labute approximate surface area is 161 Å². The SMILES string of the molecule is COc1cc(/C=N/NC(=O)COc2ccc(C)cc2C)cc(Br)c1OC. The number of amides is 1. The highest BCUT2D eigenvalue weighted by molar-refractivity contribution is 9.10. The molecule has 0 saturated heterocycles. The predicted octanol–water partition coefficient (Wildman–Crippen LogP) is 3.61. The zero-order chi connectivity index (χ0) is 19.1. The van der Waals surface area contributed by atoms with Gasteiger partial charge in [-0.05, 0) is 59.1 Å². The molecule has 0 radical (unpaired) electrons. The Hall–Kier alpha value is -2.54. The summed E-state index contributed by atoms with van der Waals surface area (Å²) in [6.07, 6.45) is 1.52. The molecule has 26 heavy (non-hydrogen) atoms. The quantitative estimate of drug-likeness (QED) is 0.548. The summed E-state index contributed by atoms with van der Waals surface area (Å²) in [7, 11) is 3.11. The highest BCUT2D eigenvalue weighted by atomic mass is 79.9. The van der Waals surface area contributed by atoms with Crippen molar-refractivity contribution < 1.29 is 19.0 Å². The molecule has 0 aliphatic carbocycles. The van der Waals surface area contributed by atoms with Crippen LogP contribution in [-0.4, -0.2) is 32.9 Å². The van der Waals surface area contributed by atoms with Gasteiger partial charge in [-0.15, -0.1) is 0 Å². The molecule has 0 aromatic heterocycles. The van der Waals surface area contributed by atoms with Crippen molar-refractivity contribution in [2.24, 2.45) is 5.10 Å². The number of ether oxygens (including phenoxy) is 3. The van der Waals surface area contributed by atoms with Gasteiger partial charge in [0.1, 0.15) is 5.75 Å². The van der Waals surface area contributed by atoms with Crippen LogP contribution in [0.25, 0.3) is 0 Å². The Balaban J connectivity index is 1.93. The Bertz CT molecular complexity index is 821. The highest BCUT2D eigenvalue weighted by Gasteiger charge is 2.10. The Kier molecular flexibility index (Phi) is 7.03. The molecule has 2 aromatic rings. The maximum atomic E-state index is 11.9. The van der Waals surface area contributed by atoms with Crippen molar-refractivity contribution in [1.82, 2.24) is 5.43 Å². The minimum absolute atomic E-state index is 0.114. The van der Waals surface area contributed by atoms with E-state index in [1.807, 2.05) is 38.1 Å². The molecule has 138 valence electrons.